The van der Waals surface area contributed by atoms with E-state index in [-0.39, 0.29) is 7.97 Å². The van der Waals surface area contributed by atoms with Crippen LogP contribution in [0, 0.1) is 6.92 Å². The smallest absolute Gasteiger partial charge is 0.407 e. The molecule has 18 heavy (non-hydrogen) atoms. The molecule has 1 heterocycles. The molecule has 0 radical (unpaired) electrons. The topological polar surface area (TPSA) is 73.3 Å². The highest BCUT2D eigenvalue weighted by Gasteiger charge is 2.16. The lowest BCUT2D eigenvalue weighted by Crippen LogP contribution is -2.32. The Balaban J connectivity index is 0.00000324. The quantitative estimate of drug-likeness (QED) is 0.895. The molecular weight excluding hydrogens is 234 g/mol. The van der Waals surface area contributed by atoms with Crippen LogP contribution < -0.4 is 10.1 Å². The Morgan fingerprint density at radius 1 is 1.50 bits per heavy atom. The maximum Gasteiger partial charge on any atom is 0.407 e. The number of nitrogens with zero attached hydrogens (tertiary/aromatic N) is 2. The highest BCUT2D eigenvalue weighted by atomic mass is 16.6. The number of aromatic nitrogens is 2. The largest absolute Gasteiger partial charge is 0.480 e. The Morgan fingerprint density at radius 3 is 2.72 bits per heavy atom. The van der Waals surface area contributed by atoms with E-state index < -0.39 is 11.7 Å². The molecule has 6 heteroatoms. The second kappa shape index (κ2) is 5.66. The van der Waals surface area contributed by atoms with E-state index in [1.807, 2.05) is 6.92 Å². The van der Waals surface area contributed by atoms with Crippen molar-refractivity contribution in [2.24, 2.45) is 0 Å². The van der Waals surface area contributed by atoms with Crippen LogP contribution in [-0.2, 0) is 11.3 Å². The van der Waals surface area contributed by atoms with Crippen LogP contribution >= 0.6 is 0 Å². The third kappa shape index (κ3) is 4.57. The molecule has 1 aromatic heterocycles. The highest BCUT2D eigenvalue weighted by Crippen LogP contribution is 2.12. The minimum Gasteiger partial charge on any atom is -0.480 e. The van der Waals surface area contributed by atoms with Gasteiger partial charge in [-0.2, -0.15) is 0 Å². The Morgan fingerprint density at radius 2 is 2.17 bits per heavy atom. The van der Waals surface area contributed by atoms with E-state index in [4.69, 9.17) is 9.47 Å². The second-order valence-electron chi connectivity index (χ2n) is 4.82. The molecule has 1 N–H and O–H groups in total. The molecule has 0 bridgehead atoms. The SMILES string of the molecule is COc1nc(C)cnc1CNC(=O)OC(C)(C)C.[HH]. The first-order valence-corrected chi connectivity index (χ1v) is 5.65. The first kappa shape index (κ1) is 14.2. The van der Waals surface area contributed by atoms with Crippen molar-refractivity contribution in [1.29, 1.82) is 0 Å². The summed E-state index contributed by atoms with van der Waals surface area (Å²) < 4.78 is 10.2. The average Bonchev–Trinajstić information content (AvgIpc) is 2.24. The number of alkyl carbamates (subject to hydrolysis) is 1. The number of aryl methyl sites for hydroxylation is 1. The van der Waals surface area contributed by atoms with Gasteiger partial charge in [0, 0.05) is 7.62 Å². The van der Waals surface area contributed by atoms with Gasteiger partial charge in [0.15, 0.2) is 0 Å². The minimum atomic E-state index is -0.521. The molecular formula is C12H21N3O3. The number of amides is 1. The van der Waals surface area contributed by atoms with Crippen LogP contribution in [0.5, 0.6) is 5.88 Å². The van der Waals surface area contributed by atoms with E-state index >= 15 is 0 Å². The number of carbonyl (C=O) groups is 1. The van der Waals surface area contributed by atoms with Crippen LogP contribution in [0.1, 0.15) is 33.6 Å². The Hall–Kier alpha value is -1.85. The molecule has 0 saturated heterocycles. The van der Waals surface area contributed by atoms with Crippen molar-refractivity contribution in [3.05, 3.63) is 17.6 Å². The van der Waals surface area contributed by atoms with E-state index in [1.54, 1.807) is 27.0 Å². The maximum absolute atomic E-state index is 11.5. The molecule has 0 atom stereocenters. The number of hydrogen-bond acceptors (Lipinski definition) is 5. The number of carbonyl (C=O) groups excluding carboxylic acids is 1. The average molecular weight is 255 g/mol. The van der Waals surface area contributed by atoms with Crippen molar-refractivity contribution in [2.75, 3.05) is 7.11 Å². The number of nitrogens with one attached hydrogen (secondary N) is 1. The van der Waals surface area contributed by atoms with Gasteiger partial charge in [0.05, 0.1) is 19.3 Å². The van der Waals surface area contributed by atoms with Crippen LogP contribution in [0.3, 0.4) is 0 Å². The molecule has 0 saturated carbocycles. The monoisotopic (exact) mass is 255 g/mol. The lowest BCUT2D eigenvalue weighted by Gasteiger charge is -2.19. The minimum absolute atomic E-state index is 0. The first-order valence-electron chi connectivity index (χ1n) is 5.65. The molecule has 6 nitrogen and oxygen atoms in total. The van der Waals surface area contributed by atoms with E-state index in [0.29, 0.717) is 11.6 Å². The molecule has 0 aliphatic heterocycles. The summed E-state index contributed by atoms with van der Waals surface area (Å²) in [6, 6.07) is 0. The van der Waals surface area contributed by atoms with Crippen molar-refractivity contribution in [3.8, 4) is 5.88 Å². The normalized spacial score (nSPS) is 10.9. The molecule has 102 valence electrons. The molecule has 0 fully saturated rings. The van der Waals surface area contributed by atoms with Gasteiger partial charge in [0.2, 0.25) is 5.88 Å². The Bertz CT molecular complexity index is 433. The number of ether oxygens (including phenoxy) is 2. The Kier molecular flexibility index (Phi) is 4.47. The summed E-state index contributed by atoms with van der Waals surface area (Å²) in [6.45, 7) is 7.45. The second-order valence-corrected chi connectivity index (χ2v) is 4.82. The fourth-order valence-electron chi connectivity index (χ4n) is 1.23. The van der Waals surface area contributed by atoms with Gasteiger partial charge in [-0.1, -0.05) is 0 Å². The summed E-state index contributed by atoms with van der Waals surface area (Å²) in [5.41, 5.74) is 0.800. The zero-order valence-electron chi connectivity index (χ0n) is 11.4. The van der Waals surface area contributed by atoms with Gasteiger partial charge in [-0.15, -0.1) is 0 Å². The molecule has 0 aromatic carbocycles. The summed E-state index contributed by atoms with van der Waals surface area (Å²) in [5, 5.41) is 2.61. The van der Waals surface area contributed by atoms with Crippen LogP contribution in [0.2, 0.25) is 0 Å². The van der Waals surface area contributed by atoms with Gasteiger partial charge >= 0.3 is 6.09 Å². The molecule has 0 spiro atoms. The van der Waals surface area contributed by atoms with E-state index in [1.165, 1.54) is 7.11 Å². The number of rotatable bonds is 3. The third-order valence-corrected chi connectivity index (χ3v) is 1.92. The lowest BCUT2D eigenvalue weighted by molar-refractivity contribution is 0.0522. The van der Waals surface area contributed by atoms with Crippen LogP contribution in [0.4, 0.5) is 4.79 Å². The van der Waals surface area contributed by atoms with Gasteiger partial charge in [-0.05, 0) is 27.7 Å². The zero-order chi connectivity index (χ0) is 13.8. The first-order chi connectivity index (χ1) is 8.31. The number of methoxy groups -OCH3 is 1. The van der Waals surface area contributed by atoms with E-state index in [0.717, 1.165) is 5.69 Å². The van der Waals surface area contributed by atoms with Crippen LogP contribution in [0.15, 0.2) is 6.20 Å². The van der Waals surface area contributed by atoms with Crippen LogP contribution in [-0.4, -0.2) is 28.8 Å². The predicted octanol–water partition coefficient (Wildman–Crippen LogP) is 2.06. The molecule has 0 aliphatic carbocycles. The van der Waals surface area contributed by atoms with Crippen LogP contribution in [0.25, 0.3) is 0 Å². The fraction of sp³-hybridized carbons (Fsp3) is 0.583. The van der Waals surface area contributed by atoms with Gasteiger partial charge in [-0.3, -0.25) is 4.98 Å². The van der Waals surface area contributed by atoms with E-state index in [9.17, 15) is 4.79 Å². The molecule has 1 aromatic rings. The standard InChI is InChI=1S/C12H19N3O3.H2/c1-8-6-13-9(10(15-8)17-5)7-14-11(16)18-12(2,3)4;/h6H,7H2,1-5H3,(H,14,16);1H. The fourth-order valence-corrected chi connectivity index (χ4v) is 1.23. The zero-order valence-corrected chi connectivity index (χ0v) is 11.4. The highest BCUT2D eigenvalue weighted by molar-refractivity contribution is 5.67. The maximum atomic E-state index is 11.5. The van der Waals surface area contributed by atoms with Crippen molar-refractivity contribution in [1.82, 2.24) is 15.3 Å². The Labute approximate surface area is 108 Å². The molecule has 0 aliphatic rings. The third-order valence-electron chi connectivity index (χ3n) is 1.92. The van der Waals surface area contributed by atoms with Crippen molar-refractivity contribution < 1.29 is 15.7 Å². The van der Waals surface area contributed by atoms with Gasteiger partial charge in [0.25, 0.3) is 0 Å². The number of hydrogen-bond donors (Lipinski definition) is 1. The molecule has 1 rings (SSSR count). The van der Waals surface area contributed by atoms with Crippen molar-refractivity contribution >= 4 is 6.09 Å². The van der Waals surface area contributed by atoms with Gasteiger partial charge in [0.1, 0.15) is 11.3 Å². The predicted molar refractivity (Wildman–Crippen MR) is 68.5 cm³/mol. The van der Waals surface area contributed by atoms with Crippen molar-refractivity contribution in [2.45, 2.75) is 39.8 Å². The van der Waals surface area contributed by atoms with E-state index in [2.05, 4.69) is 15.3 Å². The van der Waals surface area contributed by atoms with Gasteiger partial charge in [-0.25, -0.2) is 9.78 Å². The summed E-state index contributed by atoms with van der Waals surface area (Å²) in [7, 11) is 1.51. The molecule has 1 amide bonds. The molecule has 0 unspecified atom stereocenters. The lowest BCUT2D eigenvalue weighted by atomic mass is 10.2. The summed E-state index contributed by atoms with van der Waals surface area (Å²) in [5.74, 6) is 0.408. The summed E-state index contributed by atoms with van der Waals surface area (Å²) in [4.78, 5) is 19.8. The summed E-state index contributed by atoms with van der Waals surface area (Å²) >= 11 is 0. The van der Waals surface area contributed by atoms with Crippen molar-refractivity contribution in [3.63, 3.8) is 0 Å². The summed E-state index contributed by atoms with van der Waals surface area (Å²) in [6.07, 6.45) is 1.13. The van der Waals surface area contributed by atoms with Gasteiger partial charge < -0.3 is 14.8 Å².